The van der Waals surface area contributed by atoms with E-state index in [4.69, 9.17) is 21.6 Å². The van der Waals surface area contributed by atoms with E-state index in [9.17, 15) is 5.11 Å². The highest BCUT2D eigenvalue weighted by Gasteiger charge is 2.40. The molecule has 1 unspecified atom stereocenters. The van der Waals surface area contributed by atoms with Crippen molar-refractivity contribution in [2.24, 2.45) is 7.05 Å². The Balaban J connectivity index is 1.49. The molecule has 1 N–H and O–H groups in total. The van der Waals surface area contributed by atoms with Crippen LogP contribution in [0.1, 0.15) is 16.3 Å². The summed E-state index contributed by atoms with van der Waals surface area (Å²) in [6.07, 6.45) is 3.32. The predicted octanol–water partition coefficient (Wildman–Crippen LogP) is 5.13. The number of aliphatic hydroxyl groups is 1. The van der Waals surface area contributed by atoms with Crippen LogP contribution in [0.25, 0.3) is 39.2 Å². The summed E-state index contributed by atoms with van der Waals surface area (Å²) in [5, 5.41) is 28.4. The number of halogens is 1. The van der Waals surface area contributed by atoms with Crippen molar-refractivity contribution in [1.29, 1.82) is 0 Å². The summed E-state index contributed by atoms with van der Waals surface area (Å²) >= 11 is 7.73. The van der Waals surface area contributed by atoms with Gasteiger partial charge in [-0.3, -0.25) is 0 Å². The molecule has 0 aliphatic heterocycles. The van der Waals surface area contributed by atoms with Gasteiger partial charge in [-0.05, 0) is 40.3 Å². The van der Waals surface area contributed by atoms with Crippen molar-refractivity contribution >= 4 is 39.6 Å². The van der Waals surface area contributed by atoms with Gasteiger partial charge in [0.1, 0.15) is 5.01 Å². The first kappa shape index (κ1) is 23.6. The molecule has 39 heavy (non-hydrogen) atoms. The molecule has 9 nitrogen and oxygen atoms in total. The Bertz CT molecular complexity index is 1980. The van der Waals surface area contributed by atoms with Gasteiger partial charge in [0.25, 0.3) is 5.78 Å². The van der Waals surface area contributed by atoms with Gasteiger partial charge < -0.3 is 9.67 Å². The SMILES string of the molecule is Cn1cncc1C(O)(c1ccc2c(c1)c(-c1cccc(Cl)c1)nc1nnnn12)c1nc(-c2ccccc2)cs1. The number of nitrogens with zero attached hydrogens (tertiary/aromatic N) is 8. The summed E-state index contributed by atoms with van der Waals surface area (Å²) in [6.45, 7) is 0. The van der Waals surface area contributed by atoms with Crippen LogP contribution in [0.5, 0.6) is 0 Å². The maximum atomic E-state index is 12.6. The molecular formula is C28H19ClN8OS. The molecule has 4 aromatic heterocycles. The summed E-state index contributed by atoms with van der Waals surface area (Å²) in [5.74, 6) is 0.361. The molecule has 0 fully saturated rings. The Morgan fingerprint density at radius 2 is 1.79 bits per heavy atom. The molecule has 190 valence electrons. The average molecular weight is 551 g/mol. The Morgan fingerprint density at radius 1 is 0.949 bits per heavy atom. The third-order valence-electron chi connectivity index (χ3n) is 6.73. The van der Waals surface area contributed by atoms with Crippen LogP contribution in [0.4, 0.5) is 0 Å². The van der Waals surface area contributed by atoms with Crippen LogP contribution in [-0.2, 0) is 12.6 Å². The van der Waals surface area contributed by atoms with Crippen molar-refractivity contribution in [3.05, 3.63) is 112 Å². The number of rotatable bonds is 5. The fourth-order valence-electron chi connectivity index (χ4n) is 4.83. The Labute approximate surface area is 231 Å². The number of tetrazole rings is 1. The molecule has 7 aromatic rings. The first-order valence-electron chi connectivity index (χ1n) is 12.0. The second-order valence-electron chi connectivity index (χ2n) is 9.10. The van der Waals surface area contributed by atoms with Crippen LogP contribution in [0.15, 0.2) is 90.7 Å². The molecule has 7 rings (SSSR count). The standard InChI is InChI=1S/C28H19ClN8OS/c1-36-16-30-14-24(36)28(38,26-31-22(15-39-26)17-6-3-2-4-7-17)19-10-11-23-21(13-19)25(18-8-5-9-20(29)12-18)32-27-33-34-35-37(23)27/h2-16,38H,1H3. The van der Waals surface area contributed by atoms with Crippen LogP contribution >= 0.6 is 22.9 Å². The fraction of sp³-hybridized carbons (Fsp3) is 0.0714. The molecule has 0 saturated heterocycles. The number of hydrogen-bond donors (Lipinski definition) is 1. The number of benzene rings is 3. The number of imidazole rings is 1. The minimum atomic E-state index is -1.60. The van der Waals surface area contributed by atoms with Gasteiger partial charge >= 0.3 is 0 Å². The average Bonchev–Trinajstić information content (AvgIpc) is 3.74. The Kier molecular flexibility index (Phi) is 5.48. The van der Waals surface area contributed by atoms with Gasteiger partial charge in [0.05, 0.1) is 35.1 Å². The minimum absolute atomic E-state index is 0.361. The zero-order chi connectivity index (χ0) is 26.6. The monoisotopic (exact) mass is 550 g/mol. The Hall–Kier alpha value is -4.51. The third-order valence-corrected chi connectivity index (χ3v) is 7.92. The van der Waals surface area contributed by atoms with Gasteiger partial charge in [-0.25, -0.2) is 15.0 Å². The molecule has 4 heterocycles. The first-order chi connectivity index (χ1) is 19.0. The molecule has 11 heteroatoms. The highest BCUT2D eigenvalue weighted by Crippen LogP contribution is 2.41. The number of thiazole rings is 1. The highest BCUT2D eigenvalue weighted by molar-refractivity contribution is 7.10. The highest BCUT2D eigenvalue weighted by atomic mass is 35.5. The zero-order valence-corrected chi connectivity index (χ0v) is 22.0. The third kappa shape index (κ3) is 3.80. The maximum Gasteiger partial charge on any atom is 0.274 e. The molecular weight excluding hydrogens is 532 g/mol. The van der Waals surface area contributed by atoms with Gasteiger partial charge in [-0.15, -0.1) is 11.3 Å². The van der Waals surface area contributed by atoms with Crippen LogP contribution < -0.4 is 0 Å². The predicted molar refractivity (Wildman–Crippen MR) is 149 cm³/mol. The fourth-order valence-corrected chi connectivity index (χ4v) is 5.97. The van der Waals surface area contributed by atoms with E-state index >= 15 is 0 Å². The lowest BCUT2D eigenvalue weighted by molar-refractivity contribution is 0.117. The van der Waals surface area contributed by atoms with E-state index in [1.54, 1.807) is 21.6 Å². The zero-order valence-electron chi connectivity index (χ0n) is 20.5. The van der Waals surface area contributed by atoms with Gasteiger partial charge in [0.15, 0.2) is 5.60 Å². The van der Waals surface area contributed by atoms with Gasteiger partial charge in [0, 0.05) is 34.0 Å². The van der Waals surface area contributed by atoms with E-state index in [1.165, 1.54) is 11.3 Å². The number of fused-ring (bicyclic) bond motifs is 3. The van der Waals surface area contributed by atoms with Gasteiger partial charge in [-0.2, -0.15) is 4.52 Å². The van der Waals surface area contributed by atoms with Crippen molar-refractivity contribution < 1.29 is 5.11 Å². The molecule has 0 bridgehead atoms. The molecule has 0 aliphatic carbocycles. The largest absolute Gasteiger partial charge is 0.372 e. The van der Waals surface area contributed by atoms with E-state index < -0.39 is 5.60 Å². The van der Waals surface area contributed by atoms with Crippen molar-refractivity contribution in [3.63, 3.8) is 0 Å². The normalized spacial score (nSPS) is 13.2. The number of hydrogen-bond acceptors (Lipinski definition) is 8. The second kappa shape index (κ2) is 9.05. The number of aryl methyl sites for hydroxylation is 1. The van der Waals surface area contributed by atoms with Crippen molar-refractivity contribution in [2.75, 3.05) is 0 Å². The smallest absolute Gasteiger partial charge is 0.274 e. The minimum Gasteiger partial charge on any atom is -0.372 e. The molecule has 0 aliphatic rings. The van der Waals surface area contributed by atoms with Crippen molar-refractivity contribution in [2.45, 2.75) is 5.60 Å². The van der Waals surface area contributed by atoms with E-state index in [0.717, 1.165) is 27.7 Å². The summed E-state index contributed by atoms with van der Waals surface area (Å²) in [7, 11) is 1.85. The van der Waals surface area contributed by atoms with E-state index in [-0.39, 0.29) is 0 Å². The summed E-state index contributed by atoms with van der Waals surface area (Å²) in [5.41, 5.74) is 3.53. The van der Waals surface area contributed by atoms with E-state index in [2.05, 4.69) is 20.5 Å². The molecule has 0 spiro atoms. The van der Waals surface area contributed by atoms with E-state index in [0.29, 0.717) is 32.8 Å². The lowest BCUT2D eigenvalue weighted by atomic mass is 9.89. The van der Waals surface area contributed by atoms with Crippen molar-refractivity contribution in [1.82, 2.24) is 39.6 Å². The molecule has 0 amide bonds. The van der Waals surface area contributed by atoms with Gasteiger partial charge in [0.2, 0.25) is 0 Å². The maximum absolute atomic E-state index is 12.6. The molecule has 1 atom stereocenters. The van der Waals surface area contributed by atoms with Crippen LogP contribution in [0.2, 0.25) is 5.02 Å². The Morgan fingerprint density at radius 3 is 2.59 bits per heavy atom. The molecule has 0 radical (unpaired) electrons. The number of aromatic nitrogens is 8. The second-order valence-corrected chi connectivity index (χ2v) is 10.4. The summed E-state index contributed by atoms with van der Waals surface area (Å²) < 4.78 is 3.38. The van der Waals surface area contributed by atoms with Crippen LogP contribution in [-0.4, -0.2) is 44.7 Å². The lowest BCUT2D eigenvalue weighted by Crippen LogP contribution is -2.31. The summed E-state index contributed by atoms with van der Waals surface area (Å²) in [6, 6.07) is 23.0. The van der Waals surface area contributed by atoms with E-state index in [1.807, 2.05) is 85.2 Å². The topological polar surface area (TPSA) is 107 Å². The molecule has 0 saturated carbocycles. The molecule has 3 aromatic carbocycles. The first-order valence-corrected chi connectivity index (χ1v) is 13.3. The van der Waals surface area contributed by atoms with Crippen molar-refractivity contribution in [3.8, 4) is 22.5 Å². The quantitative estimate of drug-likeness (QED) is 0.316. The van der Waals surface area contributed by atoms with Crippen LogP contribution in [0, 0.1) is 0 Å². The lowest BCUT2D eigenvalue weighted by Gasteiger charge is -2.27. The van der Waals surface area contributed by atoms with Gasteiger partial charge in [-0.1, -0.05) is 65.2 Å². The summed E-state index contributed by atoms with van der Waals surface area (Å²) in [4.78, 5) is 13.9. The van der Waals surface area contributed by atoms with Crippen LogP contribution in [0.3, 0.4) is 0 Å².